The number of ketones is 1. The van der Waals surface area contributed by atoms with Crippen molar-refractivity contribution in [2.45, 2.75) is 129 Å². The number of unbranched alkanes of at least 4 members (excludes halogenated alkanes) is 12. The van der Waals surface area contributed by atoms with E-state index in [2.05, 4.69) is 13.8 Å². The Morgan fingerprint density at radius 3 is 1.29 bits per heavy atom. The van der Waals surface area contributed by atoms with Crippen molar-refractivity contribution < 1.29 is 24.5 Å². The van der Waals surface area contributed by atoms with Gasteiger partial charge in [-0.25, -0.2) is 0 Å². The second-order valence-electron chi connectivity index (χ2n) is 7.89. The smallest absolute Gasteiger partial charge is 0.184 e. The van der Waals surface area contributed by atoms with Crippen LogP contribution in [0, 0.1) is 0 Å². The lowest BCUT2D eigenvalue weighted by molar-refractivity contribution is -0.155. The van der Waals surface area contributed by atoms with E-state index in [0.29, 0.717) is 12.8 Å². The topological polar surface area (TPSA) is 76.0 Å². The van der Waals surface area contributed by atoms with Crippen LogP contribution in [0.5, 0.6) is 0 Å². The molecule has 5 nitrogen and oxygen atoms in total. The minimum Gasteiger partial charge on any atom is -0.368 e. The van der Waals surface area contributed by atoms with Gasteiger partial charge in [-0.1, -0.05) is 90.9 Å². The molecule has 0 aliphatic carbocycles. The summed E-state index contributed by atoms with van der Waals surface area (Å²) in [7, 11) is 0. The Bertz CT molecular complexity index is 305. The van der Waals surface area contributed by atoms with Gasteiger partial charge < -0.3 is 19.7 Å². The lowest BCUT2D eigenvalue weighted by Gasteiger charge is -2.13. The Kier molecular flexibility index (Phi) is 20.9. The fraction of sp³-hybridized carbons (Fsp3) is 0.957. The molecular weight excluding hydrogens is 356 g/mol. The number of carbonyl (C=O) groups is 1. The predicted molar refractivity (Wildman–Crippen MR) is 114 cm³/mol. The monoisotopic (exact) mass is 402 g/mol. The van der Waals surface area contributed by atoms with Crippen molar-refractivity contribution in [3.63, 3.8) is 0 Å². The van der Waals surface area contributed by atoms with Crippen molar-refractivity contribution >= 4 is 5.78 Å². The van der Waals surface area contributed by atoms with Gasteiger partial charge in [0.15, 0.2) is 18.4 Å². The number of hydrogen-bond donors (Lipinski definition) is 2. The molecular formula is C23H46O5. The fourth-order valence-electron chi connectivity index (χ4n) is 3.14. The maximum Gasteiger partial charge on any atom is 0.184 e. The number of rotatable bonds is 22. The first-order valence-electron chi connectivity index (χ1n) is 11.7. The molecule has 0 saturated heterocycles. The minimum absolute atomic E-state index is 0.165. The zero-order valence-corrected chi connectivity index (χ0v) is 18.5. The Balaban J connectivity index is 3.47. The third-order valence-corrected chi connectivity index (χ3v) is 4.98. The van der Waals surface area contributed by atoms with Crippen LogP contribution >= 0.6 is 0 Å². The Hall–Kier alpha value is -0.490. The minimum atomic E-state index is -0.891. The highest BCUT2D eigenvalue weighted by atomic mass is 16.6. The first-order chi connectivity index (χ1) is 13.6. The van der Waals surface area contributed by atoms with Crippen molar-refractivity contribution in [3.05, 3.63) is 0 Å². The van der Waals surface area contributed by atoms with E-state index in [9.17, 15) is 15.0 Å². The summed E-state index contributed by atoms with van der Waals surface area (Å²) in [6, 6.07) is 0. The third kappa shape index (κ3) is 20.2. The molecule has 0 heterocycles. The van der Waals surface area contributed by atoms with Crippen LogP contribution in [0.4, 0.5) is 0 Å². The SMILES string of the molecule is CCCCCCCCCC(O)OCC(=O)COC(O)CCCCCCCCC. The molecule has 2 N–H and O–H groups in total. The van der Waals surface area contributed by atoms with Gasteiger partial charge in [0.25, 0.3) is 0 Å². The first-order valence-corrected chi connectivity index (χ1v) is 11.7. The van der Waals surface area contributed by atoms with E-state index in [4.69, 9.17) is 9.47 Å². The van der Waals surface area contributed by atoms with Gasteiger partial charge in [-0.3, -0.25) is 4.79 Å². The van der Waals surface area contributed by atoms with Crippen LogP contribution < -0.4 is 0 Å². The van der Waals surface area contributed by atoms with Gasteiger partial charge in [-0.15, -0.1) is 0 Å². The van der Waals surface area contributed by atoms with E-state index >= 15 is 0 Å². The molecule has 0 aromatic rings. The lowest BCUT2D eigenvalue weighted by atomic mass is 10.1. The molecule has 0 aromatic heterocycles. The molecule has 168 valence electrons. The van der Waals surface area contributed by atoms with E-state index in [1.807, 2.05) is 0 Å². The van der Waals surface area contributed by atoms with E-state index in [-0.39, 0.29) is 19.0 Å². The average molecular weight is 403 g/mol. The van der Waals surface area contributed by atoms with Gasteiger partial charge in [0.2, 0.25) is 0 Å². The molecule has 0 bridgehead atoms. The van der Waals surface area contributed by atoms with Gasteiger partial charge >= 0.3 is 0 Å². The quantitative estimate of drug-likeness (QED) is 0.184. The summed E-state index contributed by atoms with van der Waals surface area (Å²) in [6.45, 7) is 4.08. The van der Waals surface area contributed by atoms with Crippen LogP contribution in [-0.2, 0) is 14.3 Å². The van der Waals surface area contributed by atoms with Crippen LogP contribution in [0.1, 0.15) is 117 Å². The van der Waals surface area contributed by atoms with Crippen molar-refractivity contribution in [2.75, 3.05) is 13.2 Å². The molecule has 2 atom stereocenters. The Labute approximate surface area is 173 Å². The molecule has 2 unspecified atom stereocenters. The first kappa shape index (κ1) is 27.5. The van der Waals surface area contributed by atoms with Crippen molar-refractivity contribution in [3.8, 4) is 0 Å². The Morgan fingerprint density at radius 1 is 0.607 bits per heavy atom. The summed E-state index contributed by atoms with van der Waals surface area (Å²) < 4.78 is 10.3. The lowest BCUT2D eigenvalue weighted by Crippen LogP contribution is -2.24. The molecule has 0 radical (unpaired) electrons. The summed E-state index contributed by atoms with van der Waals surface area (Å²) in [5, 5.41) is 19.5. The highest BCUT2D eigenvalue weighted by Gasteiger charge is 2.11. The molecule has 28 heavy (non-hydrogen) atoms. The highest BCUT2D eigenvalue weighted by molar-refractivity contribution is 5.80. The van der Waals surface area contributed by atoms with Gasteiger partial charge in [0, 0.05) is 0 Å². The molecule has 0 aliphatic heterocycles. The molecule has 0 fully saturated rings. The normalized spacial score (nSPS) is 13.6. The van der Waals surface area contributed by atoms with Crippen LogP contribution in [-0.4, -0.2) is 41.8 Å². The third-order valence-electron chi connectivity index (χ3n) is 4.98. The van der Waals surface area contributed by atoms with E-state index in [0.717, 1.165) is 25.7 Å². The maximum atomic E-state index is 11.7. The van der Waals surface area contributed by atoms with Crippen molar-refractivity contribution in [1.82, 2.24) is 0 Å². The summed E-state index contributed by atoms with van der Waals surface area (Å²) in [5.41, 5.74) is 0. The van der Waals surface area contributed by atoms with Crippen LogP contribution in [0.2, 0.25) is 0 Å². The van der Waals surface area contributed by atoms with Crippen LogP contribution in [0.15, 0.2) is 0 Å². The number of hydrogen-bond acceptors (Lipinski definition) is 5. The van der Waals surface area contributed by atoms with E-state index in [1.54, 1.807) is 0 Å². The largest absolute Gasteiger partial charge is 0.368 e. The number of aliphatic hydroxyl groups is 2. The summed E-state index contributed by atoms with van der Waals surface area (Å²) >= 11 is 0. The maximum absolute atomic E-state index is 11.7. The van der Waals surface area contributed by atoms with Gasteiger partial charge in [0.05, 0.1) is 0 Å². The van der Waals surface area contributed by atoms with Crippen LogP contribution in [0.3, 0.4) is 0 Å². The summed E-state index contributed by atoms with van der Waals surface area (Å²) in [6.07, 6.45) is 15.9. The molecule has 0 saturated carbocycles. The number of Topliss-reactive ketones (excluding diaryl/α,β-unsaturated/α-hetero) is 1. The predicted octanol–water partition coefficient (Wildman–Crippen LogP) is 5.51. The van der Waals surface area contributed by atoms with Gasteiger partial charge in [-0.05, 0) is 25.7 Å². The zero-order chi connectivity index (χ0) is 20.9. The fourth-order valence-corrected chi connectivity index (χ4v) is 3.14. The number of aliphatic hydroxyl groups excluding tert-OH is 2. The van der Waals surface area contributed by atoms with Crippen LogP contribution in [0.25, 0.3) is 0 Å². The number of carbonyl (C=O) groups excluding carboxylic acids is 1. The second-order valence-corrected chi connectivity index (χ2v) is 7.89. The Morgan fingerprint density at radius 2 is 0.929 bits per heavy atom. The average Bonchev–Trinajstić information content (AvgIpc) is 2.69. The van der Waals surface area contributed by atoms with Gasteiger partial charge in [-0.2, -0.15) is 0 Å². The second kappa shape index (κ2) is 21.2. The molecule has 0 aromatic carbocycles. The molecule has 0 aliphatic rings. The molecule has 0 rings (SSSR count). The highest BCUT2D eigenvalue weighted by Crippen LogP contribution is 2.11. The van der Waals surface area contributed by atoms with Gasteiger partial charge in [0.1, 0.15) is 13.2 Å². The molecule has 5 heteroatoms. The van der Waals surface area contributed by atoms with Crippen molar-refractivity contribution in [1.29, 1.82) is 0 Å². The summed E-state index contributed by atoms with van der Waals surface area (Å²) in [5.74, 6) is -0.253. The van der Waals surface area contributed by atoms with E-state index < -0.39 is 12.6 Å². The van der Waals surface area contributed by atoms with Crippen molar-refractivity contribution in [2.24, 2.45) is 0 Å². The standard InChI is InChI=1S/C23H46O5/c1-3-5-7-9-11-13-15-17-22(25)27-19-21(24)20-28-23(26)18-16-14-12-10-8-6-4-2/h22-23,25-26H,3-20H2,1-2H3. The zero-order valence-electron chi connectivity index (χ0n) is 18.5. The summed E-state index contributed by atoms with van der Waals surface area (Å²) in [4.78, 5) is 11.7. The number of ether oxygens (including phenoxy) is 2. The molecule has 0 spiro atoms. The van der Waals surface area contributed by atoms with E-state index in [1.165, 1.54) is 64.2 Å². The molecule has 0 amide bonds.